The first-order chi connectivity index (χ1) is 15.7. The number of ketones is 1. The topological polar surface area (TPSA) is 35.5 Å². The number of benzene rings is 3. The van der Waals surface area contributed by atoms with E-state index in [9.17, 15) is 4.79 Å². The van der Waals surface area contributed by atoms with Crippen LogP contribution in [0.25, 0.3) is 5.57 Å². The molecule has 0 spiro atoms. The number of carbonyl (C=O) groups excluding carboxylic acids is 1. The Morgan fingerprint density at radius 3 is 2.44 bits per heavy atom. The molecule has 0 saturated heterocycles. The molecule has 3 atom stereocenters. The van der Waals surface area contributed by atoms with Crippen molar-refractivity contribution in [2.24, 2.45) is 5.92 Å². The van der Waals surface area contributed by atoms with Gasteiger partial charge in [0.25, 0.3) is 0 Å². The van der Waals surface area contributed by atoms with Gasteiger partial charge in [0.15, 0.2) is 17.3 Å². The van der Waals surface area contributed by atoms with Crippen LogP contribution in [0.15, 0.2) is 72.8 Å². The first-order valence-electron chi connectivity index (χ1n) is 11.5. The predicted molar refractivity (Wildman–Crippen MR) is 126 cm³/mol. The second-order valence-electron chi connectivity index (χ2n) is 9.13. The van der Waals surface area contributed by atoms with Gasteiger partial charge in [0.1, 0.15) is 13.2 Å². The summed E-state index contributed by atoms with van der Waals surface area (Å²) in [5.74, 6) is 3.12. The van der Waals surface area contributed by atoms with Crippen molar-refractivity contribution in [3.63, 3.8) is 0 Å². The van der Waals surface area contributed by atoms with E-state index in [1.165, 1.54) is 27.8 Å². The summed E-state index contributed by atoms with van der Waals surface area (Å²) < 4.78 is 11.6. The van der Waals surface area contributed by atoms with Gasteiger partial charge in [-0.3, -0.25) is 4.79 Å². The van der Waals surface area contributed by atoms with Crippen molar-refractivity contribution in [2.75, 3.05) is 13.2 Å². The zero-order chi connectivity index (χ0) is 21.7. The Morgan fingerprint density at radius 1 is 0.844 bits per heavy atom. The minimum absolute atomic E-state index is 0.116. The van der Waals surface area contributed by atoms with Crippen molar-refractivity contribution in [1.29, 1.82) is 0 Å². The molecule has 0 N–H and O–H groups in total. The number of ether oxygens (including phenoxy) is 2. The lowest BCUT2D eigenvalue weighted by molar-refractivity contribution is 0.101. The highest BCUT2D eigenvalue weighted by atomic mass is 16.6. The normalized spacial score (nSPS) is 23.2. The van der Waals surface area contributed by atoms with Crippen LogP contribution in [-0.4, -0.2) is 19.0 Å². The Hall–Kier alpha value is -3.33. The van der Waals surface area contributed by atoms with Gasteiger partial charge in [-0.15, -0.1) is 0 Å². The monoisotopic (exact) mass is 422 g/mol. The van der Waals surface area contributed by atoms with Gasteiger partial charge in [-0.05, 0) is 77.5 Å². The first-order valence-corrected chi connectivity index (χ1v) is 11.5. The molecule has 1 heterocycles. The van der Waals surface area contributed by atoms with Gasteiger partial charge in [-0.1, -0.05) is 60.7 Å². The lowest BCUT2D eigenvalue weighted by atomic mass is 9.68. The molecule has 3 aromatic carbocycles. The van der Waals surface area contributed by atoms with Gasteiger partial charge >= 0.3 is 0 Å². The van der Waals surface area contributed by atoms with E-state index >= 15 is 0 Å². The van der Waals surface area contributed by atoms with E-state index in [4.69, 9.17) is 9.47 Å². The molecule has 0 amide bonds. The minimum atomic E-state index is 0.116. The number of fused-ring (bicyclic) bond motifs is 4. The Morgan fingerprint density at radius 2 is 1.62 bits per heavy atom. The van der Waals surface area contributed by atoms with Crippen LogP contribution in [0.5, 0.6) is 11.5 Å². The molecule has 0 radical (unpaired) electrons. The van der Waals surface area contributed by atoms with Gasteiger partial charge in [0.2, 0.25) is 0 Å². The van der Waals surface area contributed by atoms with Gasteiger partial charge < -0.3 is 9.47 Å². The SMILES string of the molecule is CC(=O)c1ccc(C2Cc3ccccc3C3CC(c4ccc5c(c4)OCCO5)=CC23)cc1. The molecule has 1 aliphatic heterocycles. The third-order valence-electron chi connectivity index (χ3n) is 7.32. The fourth-order valence-electron chi connectivity index (χ4n) is 5.72. The molecule has 3 heteroatoms. The number of allylic oxidation sites excluding steroid dienone is 2. The number of hydrogen-bond donors (Lipinski definition) is 0. The lowest BCUT2D eigenvalue weighted by Crippen LogP contribution is -2.24. The van der Waals surface area contributed by atoms with E-state index in [2.05, 4.69) is 54.6 Å². The molecule has 0 bridgehead atoms. The van der Waals surface area contributed by atoms with Gasteiger partial charge in [-0.2, -0.15) is 0 Å². The highest BCUT2D eigenvalue weighted by Gasteiger charge is 2.40. The molecule has 0 fully saturated rings. The molecule has 0 saturated carbocycles. The van der Waals surface area contributed by atoms with Crippen molar-refractivity contribution in [3.05, 3.63) is 101 Å². The fraction of sp³-hybridized carbons (Fsp3) is 0.276. The van der Waals surface area contributed by atoms with Gasteiger partial charge in [0.05, 0.1) is 0 Å². The highest BCUT2D eigenvalue weighted by Crippen LogP contribution is 2.54. The van der Waals surface area contributed by atoms with Crippen molar-refractivity contribution in [1.82, 2.24) is 0 Å². The van der Waals surface area contributed by atoms with Crippen LogP contribution in [0.1, 0.15) is 57.8 Å². The lowest BCUT2D eigenvalue weighted by Gasteiger charge is -2.36. The second kappa shape index (κ2) is 7.67. The molecule has 3 nitrogen and oxygen atoms in total. The maximum Gasteiger partial charge on any atom is 0.161 e. The van der Waals surface area contributed by atoms with Crippen LogP contribution in [0.4, 0.5) is 0 Å². The molecular weight excluding hydrogens is 396 g/mol. The molecule has 160 valence electrons. The molecular formula is C29H26O3. The maximum atomic E-state index is 11.8. The summed E-state index contributed by atoms with van der Waals surface area (Å²) in [6.45, 7) is 2.84. The largest absolute Gasteiger partial charge is 0.486 e. The number of rotatable bonds is 3. The summed E-state index contributed by atoms with van der Waals surface area (Å²) in [6, 6.07) is 23.5. The number of carbonyl (C=O) groups is 1. The zero-order valence-electron chi connectivity index (χ0n) is 18.2. The van der Waals surface area contributed by atoms with Crippen molar-refractivity contribution < 1.29 is 14.3 Å². The van der Waals surface area contributed by atoms with E-state index in [1.807, 2.05) is 18.2 Å². The van der Waals surface area contributed by atoms with Crippen molar-refractivity contribution >= 4 is 11.4 Å². The Balaban J connectivity index is 1.39. The van der Waals surface area contributed by atoms with E-state index in [1.54, 1.807) is 6.92 Å². The van der Waals surface area contributed by atoms with E-state index in [0.29, 0.717) is 31.0 Å². The molecule has 32 heavy (non-hydrogen) atoms. The van der Waals surface area contributed by atoms with Crippen molar-refractivity contribution in [3.8, 4) is 11.5 Å². The Kier molecular flexibility index (Phi) is 4.64. The van der Waals surface area contributed by atoms with Crippen LogP contribution >= 0.6 is 0 Å². The summed E-state index contributed by atoms with van der Waals surface area (Å²) in [4.78, 5) is 11.8. The molecule has 3 unspecified atom stereocenters. The smallest absolute Gasteiger partial charge is 0.161 e. The highest BCUT2D eigenvalue weighted by molar-refractivity contribution is 5.94. The summed E-state index contributed by atoms with van der Waals surface area (Å²) in [5, 5.41) is 0. The molecule has 3 aromatic rings. The molecule has 3 aliphatic rings. The van der Waals surface area contributed by atoms with Crippen LogP contribution in [-0.2, 0) is 6.42 Å². The summed E-state index contributed by atoms with van der Waals surface area (Å²) in [5.41, 5.74) is 7.65. The number of hydrogen-bond acceptors (Lipinski definition) is 3. The van der Waals surface area contributed by atoms with Crippen molar-refractivity contribution in [2.45, 2.75) is 31.6 Å². The standard InChI is InChI=1S/C29H26O3/c1-18(30)19-6-8-20(9-7-19)25-14-22-4-2-3-5-24(22)26-15-23(16-27(25)26)21-10-11-28-29(17-21)32-13-12-31-28/h2-11,16-17,25-27H,12-15H2,1H3. The third-order valence-corrected chi connectivity index (χ3v) is 7.32. The van der Waals surface area contributed by atoms with E-state index in [-0.39, 0.29) is 5.78 Å². The average molecular weight is 423 g/mol. The summed E-state index contributed by atoms with van der Waals surface area (Å²) >= 11 is 0. The second-order valence-corrected chi connectivity index (χ2v) is 9.13. The predicted octanol–water partition coefficient (Wildman–Crippen LogP) is 6.19. The minimum Gasteiger partial charge on any atom is -0.486 e. The third kappa shape index (κ3) is 3.24. The number of Topliss-reactive ketones (excluding diaryl/α,β-unsaturated/α-hetero) is 1. The van der Waals surface area contributed by atoms with E-state index < -0.39 is 0 Å². The van der Waals surface area contributed by atoms with Crippen LogP contribution in [0.2, 0.25) is 0 Å². The summed E-state index contributed by atoms with van der Waals surface area (Å²) in [6.07, 6.45) is 4.56. The fourth-order valence-corrected chi connectivity index (χ4v) is 5.72. The zero-order valence-corrected chi connectivity index (χ0v) is 18.2. The maximum absolute atomic E-state index is 11.8. The van der Waals surface area contributed by atoms with E-state index in [0.717, 1.165) is 29.9 Å². The van der Waals surface area contributed by atoms with Crippen LogP contribution in [0.3, 0.4) is 0 Å². The van der Waals surface area contributed by atoms with Gasteiger partial charge in [-0.25, -0.2) is 0 Å². The average Bonchev–Trinajstić information content (AvgIpc) is 3.29. The summed E-state index contributed by atoms with van der Waals surface area (Å²) in [7, 11) is 0. The molecule has 2 aliphatic carbocycles. The Labute approximate surface area is 188 Å². The molecule has 0 aromatic heterocycles. The molecule has 6 rings (SSSR count). The Bertz CT molecular complexity index is 1220. The first kappa shape index (κ1) is 19.4. The van der Waals surface area contributed by atoms with Crippen LogP contribution in [0, 0.1) is 5.92 Å². The van der Waals surface area contributed by atoms with Crippen LogP contribution < -0.4 is 9.47 Å². The quantitative estimate of drug-likeness (QED) is 0.472. The van der Waals surface area contributed by atoms with Gasteiger partial charge in [0, 0.05) is 5.56 Å².